The van der Waals surface area contributed by atoms with E-state index in [1.165, 1.54) is 0 Å². The number of nitrogens with one attached hydrogen (secondary N) is 1. The smallest absolute Gasteiger partial charge is 0.323 e. The summed E-state index contributed by atoms with van der Waals surface area (Å²) >= 11 is 1.09. The molecule has 0 saturated carbocycles. The van der Waals surface area contributed by atoms with Crippen LogP contribution in [0, 0.1) is 0 Å². The van der Waals surface area contributed by atoms with Gasteiger partial charge in [0, 0.05) is 23.6 Å². The number of thioether (sulfide) groups is 1. The van der Waals surface area contributed by atoms with Crippen molar-refractivity contribution in [3.8, 4) is 0 Å². The molecule has 5 nitrogen and oxygen atoms in total. The molecule has 1 aromatic heterocycles. The predicted octanol–water partition coefficient (Wildman–Crippen LogP) is 3.91. The first-order valence-electron chi connectivity index (χ1n) is 8.17. The summed E-state index contributed by atoms with van der Waals surface area (Å²) in [4.78, 5) is 19.7. The van der Waals surface area contributed by atoms with Gasteiger partial charge >= 0.3 is 6.18 Å². The maximum Gasteiger partial charge on any atom is 0.433 e. The molecule has 1 heterocycles. The number of quaternary nitrogens is 1. The molecule has 0 atom stereocenters. The first-order valence-corrected chi connectivity index (χ1v) is 9.16. The number of carbonyl (C=O) groups excluding carboxylic acids is 1. The van der Waals surface area contributed by atoms with E-state index in [0.717, 1.165) is 29.6 Å². The molecule has 0 fully saturated rings. The van der Waals surface area contributed by atoms with Gasteiger partial charge in [0.15, 0.2) is 10.8 Å². The third-order valence-corrected chi connectivity index (χ3v) is 4.71. The van der Waals surface area contributed by atoms with Crippen molar-refractivity contribution in [3.63, 3.8) is 0 Å². The zero-order chi connectivity index (χ0) is 20.1. The molecule has 3 rings (SSSR count). The van der Waals surface area contributed by atoms with Crippen LogP contribution in [0.15, 0.2) is 66.0 Å². The van der Waals surface area contributed by atoms with Crippen LogP contribution < -0.4 is 11.1 Å². The van der Waals surface area contributed by atoms with Crippen LogP contribution in [0.5, 0.6) is 0 Å². The average molecular weight is 405 g/mol. The highest BCUT2D eigenvalue weighted by Crippen LogP contribution is 2.29. The van der Waals surface area contributed by atoms with Gasteiger partial charge in [-0.1, -0.05) is 36.0 Å². The van der Waals surface area contributed by atoms with Gasteiger partial charge < -0.3 is 11.1 Å². The number of amides is 1. The largest absolute Gasteiger partial charge is 0.433 e. The van der Waals surface area contributed by atoms with E-state index >= 15 is 0 Å². The summed E-state index contributed by atoms with van der Waals surface area (Å²) in [5.41, 5.74) is 5.53. The van der Waals surface area contributed by atoms with Crippen LogP contribution in [0.3, 0.4) is 0 Å². The Balaban J connectivity index is 1.62. The van der Waals surface area contributed by atoms with Gasteiger partial charge in [-0.2, -0.15) is 13.2 Å². The van der Waals surface area contributed by atoms with Gasteiger partial charge in [-0.15, -0.1) is 0 Å². The van der Waals surface area contributed by atoms with Crippen LogP contribution in [-0.4, -0.2) is 15.9 Å². The van der Waals surface area contributed by atoms with Crippen LogP contribution in [-0.2, 0) is 11.9 Å². The molecule has 0 aliphatic rings. The van der Waals surface area contributed by atoms with Crippen LogP contribution in [0.25, 0.3) is 0 Å². The molecule has 4 N–H and O–H groups in total. The summed E-state index contributed by atoms with van der Waals surface area (Å²) in [7, 11) is 0. The fraction of sp³-hybridized carbons (Fsp3) is 0.105. The molecule has 0 saturated heterocycles. The monoisotopic (exact) mass is 405 g/mol. The van der Waals surface area contributed by atoms with Crippen LogP contribution in [0.2, 0.25) is 0 Å². The molecule has 0 aliphatic carbocycles. The lowest BCUT2D eigenvalue weighted by atomic mass is 10.1. The number of carbonyl (C=O) groups is 1. The fourth-order valence-corrected chi connectivity index (χ4v) is 3.09. The Labute approximate surface area is 163 Å². The minimum atomic E-state index is -4.50. The zero-order valence-electron chi connectivity index (χ0n) is 14.5. The standard InChI is InChI=1S/C19H15F3N4OS/c20-19(21,22)16-9-10-24-18(26-16)28-11-12-5-7-13(8-6-12)17(27)25-15-4-2-1-3-14(15)23/h1-10H,11,23H2,(H,25,27)/p+1. The van der Waals surface area contributed by atoms with E-state index in [9.17, 15) is 18.0 Å². The molecule has 144 valence electrons. The molecular weight excluding hydrogens is 389 g/mol. The normalized spacial score (nSPS) is 11.3. The second-order valence-electron chi connectivity index (χ2n) is 5.82. The second kappa shape index (κ2) is 8.41. The average Bonchev–Trinajstić information content (AvgIpc) is 2.68. The maximum absolute atomic E-state index is 12.7. The van der Waals surface area contributed by atoms with Crippen molar-refractivity contribution >= 4 is 29.0 Å². The van der Waals surface area contributed by atoms with Crippen molar-refractivity contribution in [2.24, 2.45) is 0 Å². The SMILES string of the molecule is [NH3+]c1ccccc1NC(=O)c1ccc(CSc2nccc(C(F)(F)F)n2)cc1. The van der Waals surface area contributed by atoms with Crippen molar-refractivity contribution in [2.75, 3.05) is 5.32 Å². The first-order chi connectivity index (χ1) is 13.3. The second-order valence-corrected chi connectivity index (χ2v) is 6.76. The van der Waals surface area contributed by atoms with E-state index in [0.29, 0.717) is 22.7 Å². The number of para-hydroxylation sites is 1. The summed E-state index contributed by atoms with van der Waals surface area (Å²) in [6, 6.07) is 14.8. The van der Waals surface area contributed by atoms with Gasteiger partial charge in [0.2, 0.25) is 0 Å². The number of halogens is 3. The summed E-state index contributed by atoms with van der Waals surface area (Å²) in [5, 5.41) is 2.84. The summed E-state index contributed by atoms with van der Waals surface area (Å²) in [6.45, 7) is 0. The summed E-state index contributed by atoms with van der Waals surface area (Å²) in [6.07, 6.45) is -3.41. The highest BCUT2D eigenvalue weighted by Gasteiger charge is 2.32. The quantitative estimate of drug-likeness (QED) is 0.498. The number of aromatic nitrogens is 2. The molecule has 3 aromatic rings. The van der Waals surface area contributed by atoms with Crippen LogP contribution in [0.1, 0.15) is 21.6 Å². The first kappa shape index (κ1) is 19.8. The Morgan fingerprint density at radius 1 is 1.07 bits per heavy atom. The van der Waals surface area contributed by atoms with E-state index in [-0.39, 0.29) is 11.1 Å². The highest BCUT2D eigenvalue weighted by atomic mass is 32.2. The summed E-state index contributed by atoms with van der Waals surface area (Å²) in [5.74, 6) is 0.113. The fourth-order valence-electron chi connectivity index (χ4n) is 2.31. The Hall–Kier alpha value is -2.91. The number of anilines is 1. The number of alkyl halides is 3. The molecule has 0 radical (unpaired) electrons. The van der Waals surface area contributed by atoms with Crippen LogP contribution in [0.4, 0.5) is 24.5 Å². The molecule has 0 bridgehead atoms. The van der Waals surface area contributed by atoms with Gasteiger partial charge in [-0.3, -0.25) is 4.79 Å². The molecule has 2 aromatic carbocycles. The van der Waals surface area contributed by atoms with Gasteiger partial charge in [-0.05, 0) is 29.8 Å². The van der Waals surface area contributed by atoms with Gasteiger partial charge in [-0.25, -0.2) is 9.97 Å². The number of benzene rings is 2. The zero-order valence-corrected chi connectivity index (χ0v) is 15.3. The maximum atomic E-state index is 12.7. The molecule has 28 heavy (non-hydrogen) atoms. The Bertz CT molecular complexity index is 977. The van der Waals surface area contributed by atoms with E-state index in [2.05, 4.69) is 21.0 Å². The van der Waals surface area contributed by atoms with Crippen LogP contribution >= 0.6 is 11.8 Å². The van der Waals surface area contributed by atoms with E-state index in [4.69, 9.17) is 0 Å². The highest BCUT2D eigenvalue weighted by molar-refractivity contribution is 7.98. The van der Waals surface area contributed by atoms with Crippen molar-refractivity contribution in [3.05, 3.63) is 77.6 Å². The molecule has 0 spiro atoms. The predicted molar refractivity (Wildman–Crippen MR) is 100.0 cm³/mol. The molecular formula is C19H16F3N4OS+. The van der Waals surface area contributed by atoms with Gasteiger partial charge in [0.25, 0.3) is 5.91 Å². The van der Waals surface area contributed by atoms with E-state index < -0.39 is 11.9 Å². The molecule has 1 amide bonds. The number of hydrogen-bond acceptors (Lipinski definition) is 4. The third kappa shape index (κ3) is 5.08. The topological polar surface area (TPSA) is 82.5 Å². The van der Waals surface area contributed by atoms with Crippen molar-refractivity contribution < 1.29 is 23.7 Å². The lowest BCUT2D eigenvalue weighted by molar-refractivity contribution is -0.253. The third-order valence-electron chi connectivity index (χ3n) is 3.77. The number of nitrogens with zero attached hydrogens (tertiary/aromatic N) is 2. The minimum absolute atomic E-state index is 0.0451. The van der Waals surface area contributed by atoms with Crippen molar-refractivity contribution in [1.29, 1.82) is 0 Å². The van der Waals surface area contributed by atoms with E-state index in [1.54, 1.807) is 42.5 Å². The molecule has 0 aliphatic heterocycles. The number of hydrogen-bond donors (Lipinski definition) is 2. The molecule has 9 heteroatoms. The lowest BCUT2D eigenvalue weighted by Gasteiger charge is -2.08. The Morgan fingerprint density at radius 2 is 1.79 bits per heavy atom. The lowest BCUT2D eigenvalue weighted by Crippen LogP contribution is -2.41. The van der Waals surface area contributed by atoms with E-state index in [1.807, 2.05) is 6.07 Å². The van der Waals surface area contributed by atoms with Crippen molar-refractivity contribution in [1.82, 2.24) is 9.97 Å². The van der Waals surface area contributed by atoms with Gasteiger partial charge in [0.1, 0.15) is 11.4 Å². The minimum Gasteiger partial charge on any atom is -0.323 e. The number of rotatable bonds is 5. The molecule has 0 unspecified atom stereocenters. The Morgan fingerprint density at radius 3 is 2.46 bits per heavy atom. The van der Waals surface area contributed by atoms with Gasteiger partial charge in [0.05, 0.1) is 0 Å². The summed E-state index contributed by atoms with van der Waals surface area (Å²) < 4.78 is 38.1. The Kier molecular flexibility index (Phi) is 5.96. The van der Waals surface area contributed by atoms with Crippen molar-refractivity contribution in [2.45, 2.75) is 17.1 Å².